The Kier molecular flexibility index (Phi) is 3.59. The zero-order chi connectivity index (χ0) is 13.3. The highest BCUT2D eigenvalue weighted by Gasteiger charge is 2.47. The van der Waals surface area contributed by atoms with Crippen molar-refractivity contribution in [3.63, 3.8) is 0 Å². The summed E-state index contributed by atoms with van der Waals surface area (Å²) in [6.07, 6.45) is 12.0. The number of nitrogens with zero attached hydrogens (tertiary/aromatic N) is 1. The highest BCUT2D eigenvalue weighted by molar-refractivity contribution is 5.67. The van der Waals surface area contributed by atoms with Crippen LogP contribution in [0.1, 0.15) is 64.2 Å². The summed E-state index contributed by atoms with van der Waals surface area (Å²) in [4.78, 5) is 13.7. The molecule has 0 aromatic heterocycles. The van der Waals surface area contributed by atoms with Crippen LogP contribution < -0.4 is 0 Å². The maximum atomic E-state index is 11.2. The van der Waals surface area contributed by atoms with Crippen LogP contribution in [0, 0.1) is 10.8 Å². The second kappa shape index (κ2) is 5.08. The fourth-order valence-corrected chi connectivity index (χ4v) is 4.94. The molecule has 0 bridgehead atoms. The summed E-state index contributed by atoms with van der Waals surface area (Å²) in [7, 11) is 0. The maximum absolute atomic E-state index is 11.2. The Hall–Kier alpha value is -0.570. The van der Waals surface area contributed by atoms with Gasteiger partial charge in [-0.3, -0.25) is 4.79 Å². The molecule has 2 aliphatic carbocycles. The third kappa shape index (κ3) is 2.81. The van der Waals surface area contributed by atoms with Crippen LogP contribution in [0.5, 0.6) is 0 Å². The van der Waals surface area contributed by atoms with E-state index in [0.29, 0.717) is 11.8 Å². The van der Waals surface area contributed by atoms with Crippen molar-refractivity contribution in [3.8, 4) is 0 Å². The maximum Gasteiger partial charge on any atom is 0.303 e. The standard InChI is InChI=1S/C16H27NO2/c18-14(19)10-15(6-2-1-3-7-15)11-17-12-16(13-17)8-4-5-9-16/h1-13H2,(H,18,19). The number of carboxylic acid groups (broad SMARTS) is 1. The summed E-state index contributed by atoms with van der Waals surface area (Å²) < 4.78 is 0. The topological polar surface area (TPSA) is 40.5 Å². The van der Waals surface area contributed by atoms with Gasteiger partial charge >= 0.3 is 5.97 Å². The minimum atomic E-state index is -0.599. The molecule has 1 N–H and O–H groups in total. The molecule has 1 heterocycles. The van der Waals surface area contributed by atoms with Gasteiger partial charge in [0.05, 0.1) is 6.42 Å². The van der Waals surface area contributed by atoms with E-state index in [1.165, 1.54) is 58.0 Å². The van der Waals surface area contributed by atoms with Crippen LogP contribution in [0.25, 0.3) is 0 Å². The molecule has 2 saturated carbocycles. The normalized spacial score (nSPS) is 29.3. The molecule has 1 aliphatic heterocycles. The van der Waals surface area contributed by atoms with Crippen molar-refractivity contribution in [2.75, 3.05) is 19.6 Å². The first-order chi connectivity index (χ1) is 9.12. The molecule has 108 valence electrons. The van der Waals surface area contributed by atoms with Gasteiger partial charge in [-0.15, -0.1) is 0 Å². The first-order valence-corrected chi connectivity index (χ1v) is 8.06. The van der Waals surface area contributed by atoms with Gasteiger partial charge in [-0.1, -0.05) is 32.1 Å². The van der Waals surface area contributed by atoms with E-state index in [-0.39, 0.29) is 5.41 Å². The van der Waals surface area contributed by atoms with Crippen molar-refractivity contribution in [1.82, 2.24) is 4.90 Å². The monoisotopic (exact) mass is 265 g/mol. The molecule has 0 aromatic carbocycles. The summed E-state index contributed by atoms with van der Waals surface area (Å²) in [5.41, 5.74) is 0.726. The van der Waals surface area contributed by atoms with Crippen LogP contribution >= 0.6 is 0 Å². The second-order valence-corrected chi connectivity index (χ2v) is 7.48. The first kappa shape index (κ1) is 13.4. The Labute approximate surface area is 116 Å². The van der Waals surface area contributed by atoms with Gasteiger partial charge in [0.2, 0.25) is 0 Å². The Morgan fingerprint density at radius 2 is 1.53 bits per heavy atom. The highest BCUT2D eigenvalue weighted by atomic mass is 16.4. The molecule has 0 atom stereocenters. The molecular formula is C16H27NO2. The van der Waals surface area contributed by atoms with E-state index in [2.05, 4.69) is 4.90 Å². The molecule has 3 rings (SSSR count). The number of carboxylic acids is 1. The largest absolute Gasteiger partial charge is 0.481 e. The Balaban J connectivity index is 1.57. The number of carbonyl (C=O) groups is 1. The molecule has 0 radical (unpaired) electrons. The molecule has 3 aliphatic rings. The van der Waals surface area contributed by atoms with Gasteiger partial charge in [-0.05, 0) is 36.5 Å². The average Bonchev–Trinajstić information content (AvgIpc) is 2.78. The highest BCUT2D eigenvalue weighted by Crippen LogP contribution is 2.48. The lowest BCUT2D eigenvalue weighted by Gasteiger charge is -2.52. The van der Waals surface area contributed by atoms with E-state index < -0.39 is 5.97 Å². The zero-order valence-electron chi connectivity index (χ0n) is 12.0. The van der Waals surface area contributed by atoms with E-state index in [4.69, 9.17) is 0 Å². The van der Waals surface area contributed by atoms with Gasteiger partial charge in [0, 0.05) is 19.6 Å². The van der Waals surface area contributed by atoms with Crippen molar-refractivity contribution in [2.45, 2.75) is 64.2 Å². The van der Waals surface area contributed by atoms with Crippen LogP contribution in [0.2, 0.25) is 0 Å². The van der Waals surface area contributed by atoms with Crippen LogP contribution in [0.15, 0.2) is 0 Å². The lowest BCUT2D eigenvalue weighted by atomic mass is 9.69. The van der Waals surface area contributed by atoms with E-state index in [1.807, 2.05) is 0 Å². The van der Waals surface area contributed by atoms with Crippen molar-refractivity contribution in [1.29, 1.82) is 0 Å². The van der Waals surface area contributed by atoms with E-state index in [0.717, 1.165) is 19.4 Å². The molecule has 3 fully saturated rings. The van der Waals surface area contributed by atoms with Gasteiger partial charge in [0.15, 0.2) is 0 Å². The molecule has 3 nitrogen and oxygen atoms in total. The summed E-state index contributed by atoms with van der Waals surface area (Å²) in [6.45, 7) is 3.53. The van der Waals surface area contributed by atoms with E-state index in [1.54, 1.807) is 0 Å². The Bertz CT molecular complexity index is 333. The average molecular weight is 265 g/mol. The number of aliphatic carboxylic acids is 1. The molecular weight excluding hydrogens is 238 g/mol. The van der Waals surface area contributed by atoms with Gasteiger partial charge in [0.25, 0.3) is 0 Å². The minimum Gasteiger partial charge on any atom is -0.481 e. The van der Waals surface area contributed by atoms with Crippen molar-refractivity contribution in [2.24, 2.45) is 10.8 Å². The van der Waals surface area contributed by atoms with Gasteiger partial charge < -0.3 is 10.0 Å². The Morgan fingerprint density at radius 1 is 0.947 bits per heavy atom. The van der Waals surface area contributed by atoms with Gasteiger partial charge in [0.1, 0.15) is 0 Å². The predicted octanol–water partition coefficient (Wildman–Crippen LogP) is 3.29. The van der Waals surface area contributed by atoms with Crippen LogP contribution in [-0.4, -0.2) is 35.6 Å². The fraction of sp³-hybridized carbons (Fsp3) is 0.938. The molecule has 1 saturated heterocycles. The van der Waals surface area contributed by atoms with Gasteiger partial charge in [-0.25, -0.2) is 0 Å². The zero-order valence-corrected chi connectivity index (χ0v) is 12.0. The summed E-state index contributed by atoms with van der Waals surface area (Å²) in [5, 5.41) is 9.22. The number of rotatable bonds is 4. The Morgan fingerprint density at radius 3 is 2.11 bits per heavy atom. The summed E-state index contributed by atoms with van der Waals surface area (Å²) in [5.74, 6) is -0.599. The number of hydrogen-bond acceptors (Lipinski definition) is 2. The third-order valence-corrected chi connectivity index (χ3v) is 5.78. The van der Waals surface area contributed by atoms with Crippen LogP contribution in [0.3, 0.4) is 0 Å². The number of hydrogen-bond donors (Lipinski definition) is 1. The quantitative estimate of drug-likeness (QED) is 0.848. The fourth-order valence-electron chi connectivity index (χ4n) is 4.94. The van der Waals surface area contributed by atoms with Crippen molar-refractivity contribution < 1.29 is 9.90 Å². The van der Waals surface area contributed by atoms with Crippen LogP contribution in [-0.2, 0) is 4.79 Å². The van der Waals surface area contributed by atoms with Crippen molar-refractivity contribution >= 4 is 5.97 Å². The number of likely N-dealkylation sites (tertiary alicyclic amines) is 1. The van der Waals surface area contributed by atoms with Crippen LogP contribution in [0.4, 0.5) is 0 Å². The summed E-state index contributed by atoms with van der Waals surface area (Å²) in [6, 6.07) is 0. The SMILES string of the molecule is O=C(O)CC1(CN2CC3(CCCC3)C2)CCCCC1. The minimum absolute atomic E-state index is 0.0876. The second-order valence-electron chi connectivity index (χ2n) is 7.48. The van der Waals surface area contributed by atoms with E-state index >= 15 is 0 Å². The molecule has 3 heteroatoms. The molecule has 1 spiro atoms. The molecule has 0 aromatic rings. The molecule has 19 heavy (non-hydrogen) atoms. The lowest BCUT2D eigenvalue weighted by Crippen LogP contribution is -2.58. The van der Waals surface area contributed by atoms with Crippen molar-refractivity contribution in [3.05, 3.63) is 0 Å². The predicted molar refractivity (Wildman–Crippen MR) is 75.1 cm³/mol. The molecule has 0 unspecified atom stereocenters. The van der Waals surface area contributed by atoms with Gasteiger partial charge in [-0.2, -0.15) is 0 Å². The smallest absolute Gasteiger partial charge is 0.303 e. The summed E-state index contributed by atoms with van der Waals surface area (Å²) >= 11 is 0. The molecule has 0 amide bonds. The van der Waals surface area contributed by atoms with E-state index in [9.17, 15) is 9.90 Å². The third-order valence-electron chi connectivity index (χ3n) is 5.78. The first-order valence-electron chi connectivity index (χ1n) is 8.06. The lowest BCUT2D eigenvalue weighted by molar-refractivity contribution is -0.141.